The molecule has 0 spiro atoms. The molecule has 1 aliphatic heterocycles. The monoisotopic (exact) mass is 187 g/mol. The number of rotatable bonds is 4. The van der Waals surface area contributed by atoms with E-state index in [0.717, 1.165) is 19.3 Å². The van der Waals surface area contributed by atoms with E-state index < -0.39 is 5.72 Å². The van der Waals surface area contributed by atoms with E-state index in [1.165, 1.54) is 11.9 Å². The predicted octanol–water partition coefficient (Wildman–Crippen LogP) is 1.42. The number of carbonyl (C=O) groups is 1. The molecule has 0 N–H and O–H groups in total. The van der Waals surface area contributed by atoms with Gasteiger partial charge in [0.25, 0.3) is 0 Å². The van der Waals surface area contributed by atoms with Crippen LogP contribution in [0.15, 0.2) is 11.5 Å². The number of ether oxygens (including phenoxy) is 1. The highest BCUT2D eigenvalue weighted by Gasteiger charge is 2.37. The molecule has 0 saturated carbocycles. The standard InChI is InChI=1S/C8H13NO2S/c1-3-5-9-8(7-10,11-2)4-6-12-9/h4,6-7H,3,5H2,1-2H3. The second-order valence-corrected chi connectivity index (χ2v) is 3.51. The number of nitrogens with zero attached hydrogens (tertiary/aromatic N) is 1. The molecule has 0 fully saturated rings. The molecule has 1 unspecified atom stereocenters. The van der Waals surface area contributed by atoms with Gasteiger partial charge in [-0.2, -0.15) is 0 Å². The molecule has 1 atom stereocenters. The molecule has 4 heteroatoms. The van der Waals surface area contributed by atoms with Crippen molar-refractivity contribution in [3.8, 4) is 0 Å². The molecule has 68 valence electrons. The molecule has 0 aliphatic carbocycles. The van der Waals surface area contributed by atoms with Crippen molar-refractivity contribution in [2.45, 2.75) is 19.1 Å². The van der Waals surface area contributed by atoms with Crippen LogP contribution < -0.4 is 0 Å². The maximum Gasteiger partial charge on any atom is 0.207 e. The van der Waals surface area contributed by atoms with Crippen LogP contribution in [0.1, 0.15) is 13.3 Å². The third-order valence-electron chi connectivity index (χ3n) is 1.81. The lowest BCUT2D eigenvalue weighted by atomic mass is 10.2. The van der Waals surface area contributed by atoms with E-state index in [1.807, 2.05) is 9.71 Å². The molecule has 1 aliphatic rings. The summed E-state index contributed by atoms with van der Waals surface area (Å²) in [5.74, 6) is 0. The van der Waals surface area contributed by atoms with Gasteiger partial charge in [0.05, 0.1) is 0 Å². The van der Waals surface area contributed by atoms with Gasteiger partial charge in [0.15, 0.2) is 6.29 Å². The quantitative estimate of drug-likeness (QED) is 0.491. The van der Waals surface area contributed by atoms with Gasteiger partial charge in [-0.25, -0.2) is 4.31 Å². The summed E-state index contributed by atoms with van der Waals surface area (Å²) in [6, 6.07) is 0. The summed E-state index contributed by atoms with van der Waals surface area (Å²) in [6.07, 6.45) is 3.62. The zero-order valence-electron chi connectivity index (χ0n) is 7.32. The van der Waals surface area contributed by atoms with Crippen molar-refractivity contribution in [1.82, 2.24) is 4.31 Å². The van der Waals surface area contributed by atoms with Crippen molar-refractivity contribution < 1.29 is 9.53 Å². The zero-order valence-corrected chi connectivity index (χ0v) is 8.13. The SMILES string of the molecule is CCCN1SC=CC1(C=O)OC. The van der Waals surface area contributed by atoms with Crippen LogP contribution in [0.3, 0.4) is 0 Å². The van der Waals surface area contributed by atoms with Gasteiger partial charge in [-0.1, -0.05) is 6.92 Å². The Bertz CT molecular complexity index is 195. The van der Waals surface area contributed by atoms with Crippen molar-refractivity contribution in [2.24, 2.45) is 0 Å². The van der Waals surface area contributed by atoms with Crippen LogP contribution in [0.25, 0.3) is 0 Å². The first-order chi connectivity index (χ1) is 5.79. The first-order valence-electron chi connectivity index (χ1n) is 3.92. The molecule has 1 heterocycles. The Morgan fingerprint density at radius 1 is 1.75 bits per heavy atom. The fourth-order valence-electron chi connectivity index (χ4n) is 1.11. The smallest absolute Gasteiger partial charge is 0.207 e. The van der Waals surface area contributed by atoms with E-state index in [-0.39, 0.29) is 0 Å². The minimum absolute atomic E-state index is 0.819. The Balaban J connectivity index is 2.70. The van der Waals surface area contributed by atoms with Crippen LogP contribution in [0.5, 0.6) is 0 Å². The second-order valence-electron chi connectivity index (χ2n) is 2.58. The first-order valence-corrected chi connectivity index (χ1v) is 4.76. The molecule has 0 aromatic heterocycles. The molecular weight excluding hydrogens is 174 g/mol. The number of carbonyl (C=O) groups excluding carboxylic acids is 1. The van der Waals surface area contributed by atoms with Crippen LogP contribution in [-0.2, 0) is 9.53 Å². The van der Waals surface area contributed by atoms with Crippen LogP contribution >= 0.6 is 11.9 Å². The van der Waals surface area contributed by atoms with Crippen molar-refractivity contribution in [3.05, 3.63) is 11.5 Å². The van der Waals surface area contributed by atoms with Crippen molar-refractivity contribution in [1.29, 1.82) is 0 Å². The summed E-state index contributed by atoms with van der Waals surface area (Å²) in [5, 5.41) is 1.88. The Hall–Kier alpha value is -0.320. The Morgan fingerprint density at radius 3 is 3.00 bits per heavy atom. The molecular formula is C8H13NO2S. The number of hydrogen-bond donors (Lipinski definition) is 0. The Kier molecular flexibility index (Phi) is 3.31. The van der Waals surface area contributed by atoms with Gasteiger partial charge >= 0.3 is 0 Å². The van der Waals surface area contributed by atoms with Crippen LogP contribution in [0.2, 0.25) is 0 Å². The number of aldehydes is 1. The van der Waals surface area contributed by atoms with Crippen LogP contribution in [0.4, 0.5) is 0 Å². The fourth-order valence-corrected chi connectivity index (χ4v) is 2.15. The third kappa shape index (κ3) is 1.55. The topological polar surface area (TPSA) is 29.5 Å². The van der Waals surface area contributed by atoms with Gasteiger partial charge < -0.3 is 4.74 Å². The van der Waals surface area contributed by atoms with E-state index in [0.29, 0.717) is 0 Å². The van der Waals surface area contributed by atoms with Gasteiger partial charge in [-0.05, 0) is 29.9 Å². The molecule has 0 amide bonds. The summed E-state index contributed by atoms with van der Waals surface area (Å²) < 4.78 is 7.09. The van der Waals surface area contributed by atoms with Crippen molar-refractivity contribution in [3.63, 3.8) is 0 Å². The summed E-state index contributed by atoms with van der Waals surface area (Å²) in [5.41, 5.74) is -0.819. The Labute approximate surface area is 76.9 Å². The maximum atomic E-state index is 10.8. The molecule has 3 nitrogen and oxygen atoms in total. The van der Waals surface area contributed by atoms with E-state index in [2.05, 4.69) is 6.92 Å². The minimum atomic E-state index is -0.819. The normalized spacial score (nSPS) is 29.5. The molecule has 0 aromatic rings. The largest absolute Gasteiger partial charge is 0.353 e. The van der Waals surface area contributed by atoms with Gasteiger partial charge in [0, 0.05) is 13.7 Å². The van der Waals surface area contributed by atoms with Gasteiger partial charge in [-0.3, -0.25) is 4.79 Å². The third-order valence-corrected chi connectivity index (χ3v) is 2.79. The predicted molar refractivity (Wildman–Crippen MR) is 49.5 cm³/mol. The molecule has 0 aromatic carbocycles. The van der Waals surface area contributed by atoms with Crippen LogP contribution in [0, 0.1) is 0 Å². The summed E-state index contributed by atoms with van der Waals surface area (Å²) >= 11 is 1.52. The molecule has 0 saturated heterocycles. The van der Waals surface area contributed by atoms with E-state index in [9.17, 15) is 4.79 Å². The summed E-state index contributed by atoms with van der Waals surface area (Å²) in [6.45, 7) is 2.92. The highest BCUT2D eigenvalue weighted by molar-refractivity contribution is 8.00. The van der Waals surface area contributed by atoms with E-state index in [4.69, 9.17) is 4.74 Å². The van der Waals surface area contributed by atoms with Gasteiger partial charge in [-0.15, -0.1) is 0 Å². The maximum absolute atomic E-state index is 10.8. The minimum Gasteiger partial charge on any atom is -0.353 e. The van der Waals surface area contributed by atoms with E-state index in [1.54, 1.807) is 13.2 Å². The van der Waals surface area contributed by atoms with Crippen LogP contribution in [-0.4, -0.2) is 30.0 Å². The molecule has 0 bridgehead atoms. The van der Waals surface area contributed by atoms with Gasteiger partial charge in [0.2, 0.25) is 5.72 Å². The zero-order chi connectivity index (χ0) is 9.03. The van der Waals surface area contributed by atoms with Crippen molar-refractivity contribution in [2.75, 3.05) is 13.7 Å². The average molecular weight is 187 g/mol. The van der Waals surface area contributed by atoms with Gasteiger partial charge in [0.1, 0.15) is 0 Å². The summed E-state index contributed by atoms with van der Waals surface area (Å²) in [7, 11) is 1.55. The highest BCUT2D eigenvalue weighted by atomic mass is 32.2. The number of hydrogen-bond acceptors (Lipinski definition) is 4. The summed E-state index contributed by atoms with van der Waals surface area (Å²) in [4.78, 5) is 10.8. The molecule has 12 heavy (non-hydrogen) atoms. The highest BCUT2D eigenvalue weighted by Crippen LogP contribution is 2.32. The lowest BCUT2D eigenvalue weighted by Gasteiger charge is -2.29. The number of methoxy groups -OCH3 is 1. The fraction of sp³-hybridized carbons (Fsp3) is 0.625. The molecule has 1 rings (SSSR count). The second kappa shape index (κ2) is 4.07. The lowest BCUT2D eigenvalue weighted by molar-refractivity contribution is -0.132. The first kappa shape index (κ1) is 9.77. The lowest BCUT2D eigenvalue weighted by Crippen LogP contribution is -2.44. The molecule has 0 radical (unpaired) electrons. The Morgan fingerprint density at radius 2 is 2.50 bits per heavy atom. The van der Waals surface area contributed by atoms with E-state index >= 15 is 0 Å². The average Bonchev–Trinajstić information content (AvgIpc) is 2.50. The van der Waals surface area contributed by atoms with Crippen molar-refractivity contribution >= 4 is 18.2 Å².